The summed E-state index contributed by atoms with van der Waals surface area (Å²) in [6, 6.07) is 10.1. The molecule has 1 aliphatic heterocycles. The Morgan fingerprint density at radius 2 is 1.75 bits per heavy atom. The molecule has 146 valence electrons. The monoisotopic (exact) mass is 441 g/mol. The van der Waals surface area contributed by atoms with E-state index in [1.807, 2.05) is 17.0 Å². The summed E-state index contributed by atoms with van der Waals surface area (Å²) in [6.07, 6.45) is 1.94. The SMILES string of the molecule is CC(C)c1ccc2c(c1)CCCN2C(=O)c1cc2c(cc1Br)n(C)c(=O)n2C. The fraction of sp³-hybridized carbons (Fsp3) is 0.364. The van der Waals surface area contributed by atoms with Gasteiger partial charge in [0.2, 0.25) is 0 Å². The number of halogens is 1. The fourth-order valence-corrected chi connectivity index (χ4v) is 4.52. The number of rotatable bonds is 2. The molecule has 0 bridgehead atoms. The van der Waals surface area contributed by atoms with Crippen LogP contribution in [0.25, 0.3) is 11.0 Å². The zero-order valence-corrected chi connectivity index (χ0v) is 18.2. The smallest absolute Gasteiger partial charge is 0.308 e. The van der Waals surface area contributed by atoms with Crippen LogP contribution in [0.5, 0.6) is 0 Å². The Morgan fingerprint density at radius 1 is 1.07 bits per heavy atom. The maximum atomic E-state index is 13.5. The molecule has 0 aliphatic carbocycles. The van der Waals surface area contributed by atoms with Gasteiger partial charge in [0.05, 0.1) is 16.6 Å². The highest BCUT2D eigenvalue weighted by atomic mass is 79.9. The van der Waals surface area contributed by atoms with Crippen LogP contribution in [0.3, 0.4) is 0 Å². The van der Waals surface area contributed by atoms with Crippen molar-refractivity contribution in [2.45, 2.75) is 32.6 Å². The van der Waals surface area contributed by atoms with Crippen molar-refractivity contribution in [1.82, 2.24) is 9.13 Å². The zero-order valence-electron chi connectivity index (χ0n) is 16.6. The first-order chi connectivity index (χ1) is 13.3. The second-order valence-electron chi connectivity index (χ2n) is 7.82. The van der Waals surface area contributed by atoms with Gasteiger partial charge in [-0.2, -0.15) is 0 Å². The lowest BCUT2D eigenvalue weighted by Crippen LogP contribution is -2.35. The standard InChI is InChI=1S/C22H24BrN3O2/c1-13(2)14-7-8-18-15(10-14)6-5-9-26(18)21(27)16-11-19-20(12-17(16)23)25(4)22(28)24(19)3/h7-8,10-13H,5-6,9H2,1-4H3. The molecule has 0 saturated carbocycles. The molecule has 0 atom stereocenters. The van der Waals surface area contributed by atoms with Crippen molar-refractivity contribution in [3.63, 3.8) is 0 Å². The highest BCUT2D eigenvalue weighted by Crippen LogP contribution is 2.33. The summed E-state index contributed by atoms with van der Waals surface area (Å²) in [4.78, 5) is 27.6. The molecule has 2 aromatic carbocycles. The minimum absolute atomic E-state index is 0.0386. The lowest BCUT2D eigenvalue weighted by molar-refractivity contribution is 0.0984. The van der Waals surface area contributed by atoms with Crippen LogP contribution in [0.2, 0.25) is 0 Å². The van der Waals surface area contributed by atoms with Gasteiger partial charge in [0.1, 0.15) is 0 Å². The van der Waals surface area contributed by atoms with Gasteiger partial charge < -0.3 is 4.90 Å². The number of fused-ring (bicyclic) bond motifs is 2. The molecule has 28 heavy (non-hydrogen) atoms. The number of carbonyl (C=O) groups is 1. The number of benzene rings is 2. The van der Waals surface area contributed by atoms with Crippen molar-refractivity contribution in [3.05, 3.63) is 62.0 Å². The van der Waals surface area contributed by atoms with Gasteiger partial charge in [0.25, 0.3) is 5.91 Å². The van der Waals surface area contributed by atoms with Crippen LogP contribution in [-0.2, 0) is 20.5 Å². The molecule has 0 N–H and O–H groups in total. The van der Waals surface area contributed by atoms with Crippen molar-refractivity contribution in [2.75, 3.05) is 11.4 Å². The first-order valence-electron chi connectivity index (χ1n) is 9.59. The van der Waals surface area contributed by atoms with Gasteiger partial charge in [-0.1, -0.05) is 26.0 Å². The van der Waals surface area contributed by atoms with Crippen molar-refractivity contribution in [3.8, 4) is 0 Å². The van der Waals surface area contributed by atoms with Gasteiger partial charge in [0.15, 0.2) is 0 Å². The van der Waals surface area contributed by atoms with Crippen molar-refractivity contribution in [2.24, 2.45) is 14.1 Å². The van der Waals surface area contributed by atoms with E-state index in [2.05, 4.69) is 48.0 Å². The molecule has 5 nitrogen and oxygen atoms in total. The summed E-state index contributed by atoms with van der Waals surface area (Å²) in [6.45, 7) is 5.07. The number of hydrogen-bond acceptors (Lipinski definition) is 2. The minimum Gasteiger partial charge on any atom is -0.308 e. The molecule has 2 heterocycles. The van der Waals surface area contributed by atoms with Crippen LogP contribution < -0.4 is 10.6 Å². The van der Waals surface area contributed by atoms with E-state index in [0.717, 1.165) is 29.6 Å². The van der Waals surface area contributed by atoms with Crippen LogP contribution in [0.4, 0.5) is 5.69 Å². The summed E-state index contributed by atoms with van der Waals surface area (Å²) in [5.74, 6) is 0.427. The van der Waals surface area contributed by atoms with Crippen molar-refractivity contribution < 1.29 is 4.79 Å². The van der Waals surface area contributed by atoms with E-state index in [4.69, 9.17) is 0 Å². The van der Waals surface area contributed by atoms with Gasteiger partial charge in [-0.3, -0.25) is 13.9 Å². The molecule has 0 spiro atoms. The number of aromatic nitrogens is 2. The number of carbonyl (C=O) groups excluding carboxylic acids is 1. The first-order valence-corrected chi connectivity index (χ1v) is 10.4. The fourth-order valence-electron chi connectivity index (χ4n) is 4.02. The highest BCUT2D eigenvalue weighted by molar-refractivity contribution is 9.10. The van der Waals surface area contributed by atoms with E-state index in [0.29, 0.717) is 22.5 Å². The molecule has 0 saturated heterocycles. The molecule has 0 unspecified atom stereocenters. The quantitative estimate of drug-likeness (QED) is 0.592. The van der Waals surface area contributed by atoms with Gasteiger partial charge in [0, 0.05) is 30.8 Å². The predicted octanol–water partition coefficient (Wildman–Crippen LogP) is 4.36. The van der Waals surface area contributed by atoms with Crippen molar-refractivity contribution >= 4 is 38.6 Å². The third-order valence-electron chi connectivity index (χ3n) is 5.73. The molecule has 0 fully saturated rings. The third-order valence-corrected chi connectivity index (χ3v) is 6.38. The zero-order chi connectivity index (χ0) is 20.2. The first kappa shape index (κ1) is 19.0. The number of aryl methyl sites for hydroxylation is 3. The Hall–Kier alpha value is -2.34. The molecular weight excluding hydrogens is 418 g/mol. The maximum Gasteiger partial charge on any atom is 0.328 e. The summed E-state index contributed by atoms with van der Waals surface area (Å²) in [5.41, 5.74) is 5.56. The molecule has 3 aromatic rings. The van der Waals surface area contributed by atoms with Gasteiger partial charge in [-0.15, -0.1) is 0 Å². The second kappa shape index (κ2) is 6.92. The Morgan fingerprint density at radius 3 is 2.43 bits per heavy atom. The van der Waals surface area contributed by atoms with Crippen LogP contribution in [-0.4, -0.2) is 21.6 Å². The highest BCUT2D eigenvalue weighted by Gasteiger charge is 2.26. The number of anilines is 1. The second-order valence-corrected chi connectivity index (χ2v) is 8.68. The number of imidazole rings is 1. The van der Waals surface area contributed by atoms with Gasteiger partial charge in [-0.05, 0) is 64.0 Å². The van der Waals surface area contributed by atoms with E-state index in [-0.39, 0.29) is 11.6 Å². The van der Waals surface area contributed by atoms with Gasteiger partial charge in [-0.25, -0.2) is 4.79 Å². The molecule has 6 heteroatoms. The average Bonchev–Trinajstić information content (AvgIpc) is 2.89. The van der Waals surface area contributed by atoms with Crippen LogP contribution >= 0.6 is 15.9 Å². The summed E-state index contributed by atoms with van der Waals surface area (Å²) in [7, 11) is 3.47. The Bertz CT molecular complexity index is 1160. The maximum absolute atomic E-state index is 13.5. The molecule has 1 aliphatic rings. The normalized spacial score (nSPS) is 14.0. The third kappa shape index (κ3) is 2.91. The van der Waals surface area contributed by atoms with E-state index in [1.54, 1.807) is 23.2 Å². The largest absolute Gasteiger partial charge is 0.328 e. The summed E-state index contributed by atoms with van der Waals surface area (Å²) in [5, 5.41) is 0. The Labute approximate surface area is 172 Å². The Balaban J connectivity index is 1.80. The summed E-state index contributed by atoms with van der Waals surface area (Å²) < 4.78 is 3.88. The lowest BCUT2D eigenvalue weighted by atomic mass is 9.94. The number of amides is 1. The molecule has 0 radical (unpaired) electrons. The van der Waals surface area contributed by atoms with Crippen LogP contribution in [0.15, 0.2) is 39.6 Å². The van der Waals surface area contributed by atoms with Crippen LogP contribution in [0.1, 0.15) is 47.7 Å². The van der Waals surface area contributed by atoms with E-state index < -0.39 is 0 Å². The molecule has 1 aromatic heterocycles. The average molecular weight is 442 g/mol. The summed E-state index contributed by atoms with van der Waals surface area (Å²) >= 11 is 3.55. The predicted molar refractivity (Wildman–Crippen MR) is 116 cm³/mol. The van der Waals surface area contributed by atoms with E-state index in [9.17, 15) is 9.59 Å². The number of nitrogens with zero attached hydrogens (tertiary/aromatic N) is 3. The van der Waals surface area contributed by atoms with Gasteiger partial charge >= 0.3 is 5.69 Å². The lowest BCUT2D eigenvalue weighted by Gasteiger charge is -2.30. The van der Waals surface area contributed by atoms with Crippen molar-refractivity contribution in [1.29, 1.82) is 0 Å². The minimum atomic E-state index is -0.101. The van der Waals surface area contributed by atoms with E-state index in [1.165, 1.54) is 11.1 Å². The molecular formula is C22H24BrN3O2. The Kier molecular flexibility index (Phi) is 4.70. The number of hydrogen-bond donors (Lipinski definition) is 0. The molecule has 4 rings (SSSR count). The van der Waals surface area contributed by atoms with E-state index >= 15 is 0 Å². The topological polar surface area (TPSA) is 47.2 Å². The van der Waals surface area contributed by atoms with Crippen LogP contribution in [0, 0.1) is 0 Å². The molecule has 1 amide bonds.